The fourth-order valence-corrected chi connectivity index (χ4v) is 9.04. The molecule has 6 nitrogen and oxygen atoms in total. The number of ether oxygens (including phenoxy) is 3. The quantitative estimate of drug-likeness (QED) is 0.0262. The number of rotatable bonds is 55. The SMILES string of the molecule is CCC/C=C\CCCCCCCC(=O)OCC(COC(=O)CCCCCCCCCCCCCCCCCCCCCCCCCCCCC)OC(=O)CCCCCCCCCCCCC. The molecule has 0 aliphatic rings. The van der Waals surface area contributed by atoms with E-state index in [0.29, 0.717) is 19.3 Å². The predicted octanol–water partition coefficient (Wildman–Crippen LogP) is 19.7. The van der Waals surface area contributed by atoms with Crippen LogP contribution in [0.15, 0.2) is 12.2 Å². The van der Waals surface area contributed by atoms with Crippen molar-refractivity contribution in [1.82, 2.24) is 0 Å². The van der Waals surface area contributed by atoms with Crippen molar-refractivity contribution in [2.75, 3.05) is 13.2 Å². The molecule has 0 saturated carbocycles. The van der Waals surface area contributed by atoms with Crippen LogP contribution in [0.4, 0.5) is 0 Å². The summed E-state index contributed by atoms with van der Waals surface area (Å²) in [7, 11) is 0. The van der Waals surface area contributed by atoms with Crippen molar-refractivity contribution in [2.24, 2.45) is 0 Å². The van der Waals surface area contributed by atoms with Crippen molar-refractivity contribution in [1.29, 1.82) is 0 Å². The molecule has 0 spiro atoms. The van der Waals surface area contributed by atoms with Gasteiger partial charge in [0.05, 0.1) is 0 Å². The molecule has 0 amide bonds. The minimum absolute atomic E-state index is 0.0671. The molecule has 0 fully saturated rings. The minimum atomic E-state index is -0.766. The molecule has 0 N–H and O–H groups in total. The molecule has 0 saturated heterocycles. The Bertz CT molecular complexity index is 1020. The lowest BCUT2D eigenvalue weighted by Gasteiger charge is -2.18. The van der Waals surface area contributed by atoms with E-state index < -0.39 is 6.10 Å². The number of esters is 3. The zero-order chi connectivity index (χ0) is 47.9. The van der Waals surface area contributed by atoms with Gasteiger partial charge in [0.15, 0.2) is 6.10 Å². The van der Waals surface area contributed by atoms with Crippen LogP contribution in [-0.2, 0) is 28.6 Å². The Kier molecular flexibility index (Phi) is 54.2. The molecule has 0 radical (unpaired) electrons. The van der Waals surface area contributed by atoms with Gasteiger partial charge < -0.3 is 14.2 Å². The molecule has 0 aromatic heterocycles. The van der Waals surface area contributed by atoms with Crippen molar-refractivity contribution in [3.05, 3.63) is 12.2 Å². The van der Waals surface area contributed by atoms with Crippen LogP contribution in [-0.4, -0.2) is 37.2 Å². The normalized spacial score (nSPS) is 12.0. The van der Waals surface area contributed by atoms with E-state index in [1.165, 1.54) is 225 Å². The highest BCUT2D eigenvalue weighted by atomic mass is 16.6. The molecule has 0 bridgehead atoms. The molecule has 0 aliphatic heterocycles. The largest absolute Gasteiger partial charge is 0.462 e. The Hall–Kier alpha value is -1.85. The summed E-state index contributed by atoms with van der Waals surface area (Å²) in [6.45, 7) is 6.61. The Labute approximate surface area is 411 Å². The summed E-state index contributed by atoms with van der Waals surface area (Å²) in [5.41, 5.74) is 0. The van der Waals surface area contributed by atoms with E-state index in [-0.39, 0.29) is 31.1 Å². The van der Waals surface area contributed by atoms with Gasteiger partial charge in [-0.1, -0.05) is 290 Å². The Morgan fingerprint density at radius 2 is 0.530 bits per heavy atom. The lowest BCUT2D eigenvalue weighted by molar-refractivity contribution is -0.167. The topological polar surface area (TPSA) is 78.9 Å². The van der Waals surface area contributed by atoms with Gasteiger partial charge in [-0.3, -0.25) is 14.4 Å². The summed E-state index contributed by atoms with van der Waals surface area (Å²) < 4.78 is 16.8. The molecule has 1 atom stereocenters. The number of hydrogen-bond donors (Lipinski definition) is 0. The van der Waals surface area contributed by atoms with Gasteiger partial charge in [-0.05, 0) is 38.5 Å². The third-order valence-electron chi connectivity index (χ3n) is 13.5. The smallest absolute Gasteiger partial charge is 0.306 e. The average molecular weight is 932 g/mol. The highest BCUT2D eigenvalue weighted by Crippen LogP contribution is 2.18. The first-order valence-electron chi connectivity index (χ1n) is 29.7. The maximum Gasteiger partial charge on any atom is 0.306 e. The molecule has 1 unspecified atom stereocenters. The van der Waals surface area contributed by atoms with E-state index in [2.05, 4.69) is 32.9 Å². The van der Waals surface area contributed by atoms with E-state index in [1.54, 1.807) is 0 Å². The van der Waals surface area contributed by atoms with Gasteiger partial charge in [-0.15, -0.1) is 0 Å². The van der Waals surface area contributed by atoms with Gasteiger partial charge in [-0.25, -0.2) is 0 Å². The molecule has 0 aromatic rings. The molecule has 0 aromatic carbocycles. The van der Waals surface area contributed by atoms with Gasteiger partial charge in [0.1, 0.15) is 13.2 Å². The summed E-state index contributed by atoms with van der Waals surface area (Å²) in [5.74, 6) is -0.859. The summed E-state index contributed by atoms with van der Waals surface area (Å²) in [4.78, 5) is 38.0. The van der Waals surface area contributed by atoms with Gasteiger partial charge >= 0.3 is 17.9 Å². The first kappa shape index (κ1) is 64.2. The van der Waals surface area contributed by atoms with E-state index in [1.807, 2.05) is 0 Å². The van der Waals surface area contributed by atoms with Gasteiger partial charge in [0.2, 0.25) is 0 Å². The van der Waals surface area contributed by atoms with Crippen LogP contribution in [0, 0.1) is 0 Å². The van der Waals surface area contributed by atoms with Crippen LogP contribution in [0.3, 0.4) is 0 Å². The van der Waals surface area contributed by atoms with Crippen molar-refractivity contribution >= 4 is 17.9 Å². The van der Waals surface area contributed by atoms with Crippen molar-refractivity contribution in [3.63, 3.8) is 0 Å². The van der Waals surface area contributed by atoms with Crippen LogP contribution in [0.1, 0.15) is 335 Å². The molecule has 66 heavy (non-hydrogen) atoms. The first-order chi connectivity index (χ1) is 32.5. The van der Waals surface area contributed by atoms with Crippen molar-refractivity contribution in [2.45, 2.75) is 341 Å². The fraction of sp³-hybridized carbons (Fsp3) is 0.917. The molecule has 6 heteroatoms. The number of carbonyl (C=O) groups excluding carboxylic acids is 3. The molecule has 0 rings (SSSR count). The van der Waals surface area contributed by atoms with Crippen molar-refractivity contribution < 1.29 is 28.6 Å². The van der Waals surface area contributed by atoms with Crippen LogP contribution >= 0.6 is 0 Å². The molecule has 0 aliphatic carbocycles. The van der Waals surface area contributed by atoms with Gasteiger partial charge in [-0.2, -0.15) is 0 Å². The van der Waals surface area contributed by atoms with Crippen LogP contribution in [0.2, 0.25) is 0 Å². The standard InChI is InChI=1S/C60H114O6/c1-4-7-10-13-16-19-22-23-24-25-26-27-28-29-30-31-32-33-34-35-36-37-39-41-44-47-50-53-59(62)65-56-57(55-64-58(61)52-49-46-43-40-21-18-15-12-9-6-3)66-60(63)54-51-48-45-42-38-20-17-14-11-8-5-2/h12,15,57H,4-11,13-14,16-56H2,1-3H3/b15-12-. The maximum atomic E-state index is 12.8. The first-order valence-corrected chi connectivity index (χ1v) is 29.7. The minimum Gasteiger partial charge on any atom is -0.462 e. The Morgan fingerprint density at radius 3 is 0.818 bits per heavy atom. The van der Waals surface area contributed by atoms with Crippen LogP contribution in [0.25, 0.3) is 0 Å². The maximum absolute atomic E-state index is 12.8. The molecule has 0 heterocycles. The van der Waals surface area contributed by atoms with Crippen LogP contribution < -0.4 is 0 Å². The molecular formula is C60H114O6. The third-order valence-corrected chi connectivity index (χ3v) is 13.5. The molecule has 390 valence electrons. The van der Waals surface area contributed by atoms with Gasteiger partial charge in [0, 0.05) is 19.3 Å². The number of allylic oxidation sites excluding steroid dienone is 2. The van der Waals surface area contributed by atoms with Crippen molar-refractivity contribution in [3.8, 4) is 0 Å². The second kappa shape index (κ2) is 55.7. The van der Waals surface area contributed by atoms with Crippen LogP contribution in [0.5, 0.6) is 0 Å². The predicted molar refractivity (Wildman–Crippen MR) is 284 cm³/mol. The number of carbonyl (C=O) groups is 3. The lowest BCUT2D eigenvalue weighted by Crippen LogP contribution is -2.30. The summed E-state index contributed by atoms with van der Waals surface area (Å²) in [5, 5.41) is 0. The monoisotopic (exact) mass is 931 g/mol. The van der Waals surface area contributed by atoms with Gasteiger partial charge in [0.25, 0.3) is 0 Å². The Morgan fingerprint density at radius 1 is 0.288 bits per heavy atom. The zero-order valence-electron chi connectivity index (χ0n) is 44.7. The van der Waals surface area contributed by atoms with E-state index in [4.69, 9.17) is 14.2 Å². The lowest BCUT2D eigenvalue weighted by atomic mass is 10.0. The van der Waals surface area contributed by atoms with E-state index >= 15 is 0 Å². The average Bonchev–Trinajstić information content (AvgIpc) is 3.31. The summed E-state index contributed by atoms with van der Waals surface area (Å²) >= 11 is 0. The second-order valence-corrected chi connectivity index (χ2v) is 20.3. The van der Waals surface area contributed by atoms with E-state index in [9.17, 15) is 14.4 Å². The highest BCUT2D eigenvalue weighted by molar-refractivity contribution is 5.71. The fourth-order valence-electron chi connectivity index (χ4n) is 9.04. The Balaban J connectivity index is 4.04. The second-order valence-electron chi connectivity index (χ2n) is 20.3. The summed E-state index contributed by atoms with van der Waals surface area (Å²) in [6.07, 6.45) is 63.8. The van der Waals surface area contributed by atoms with E-state index in [0.717, 1.165) is 70.6 Å². The number of hydrogen-bond acceptors (Lipinski definition) is 6. The summed E-state index contributed by atoms with van der Waals surface area (Å²) in [6, 6.07) is 0. The highest BCUT2D eigenvalue weighted by Gasteiger charge is 2.19. The number of unbranched alkanes of at least 4 members (excludes halogenated alkanes) is 42. The third kappa shape index (κ3) is 53.1. The zero-order valence-corrected chi connectivity index (χ0v) is 44.7. The molecular weight excluding hydrogens is 817 g/mol.